The maximum Gasteiger partial charge on any atom is 0.173 e. The zero-order chi connectivity index (χ0) is 14.7. The SMILES string of the molecule is [C]OCCCCCCCCCCCCCCCCCC. The molecule has 0 spiro atoms. The summed E-state index contributed by atoms with van der Waals surface area (Å²) in [6, 6.07) is 0. The third-order valence-corrected chi connectivity index (χ3v) is 4.10. The minimum atomic E-state index is 0.610. The first-order chi connectivity index (χ1) is 9.91. The molecule has 1 nitrogen and oxygen atoms in total. The Balaban J connectivity index is 2.89. The van der Waals surface area contributed by atoms with Gasteiger partial charge < -0.3 is 4.74 Å². The molecule has 0 aliphatic carbocycles. The fourth-order valence-electron chi connectivity index (χ4n) is 2.72. The van der Waals surface area contributed by atoms with Crippen molar-refractivity contribution in [1.82, 2.24) is 0 Å². The van der Waals surface area contributed by atoms with Crippen molar-refractivity contribution in [2.45, 2.75) is 110 Å². The third kappa shape index (κ3) is 18.0. The second kappa shape index (κ2) is 19.0. The zero-order valence-electron chi connectivity index (χ0n) is 13.9. The van der Waals surface area contributed by atoms with Crippen molar-refractivity contribution in [2.75, 3.05) is 6.61 Å². The van der Waals surface area contributed by atoms with Crippen LogP contribution in [0.3, 0.4) is 0 Å². The quantitative estimate of drug-likeness (QED) is 0.266. The first-order valence-corrected chi connectivity index (χ1v) is 9.20. The van der Waals surface area contributed by atoms with E-state index in [2.05, 4.69) is 11.7 Å². The van der Waals surface area contributed by atoms with Crippen LogP contribution in [0, 0.1) is 7.11 Å². The van der Waals surface area contributed by atoms with Crippen molar-refractivity contribution < 1.29 is 4.74 Å². The fourth-order valence-corrected chi connectivity index (χ4v) is 2.72. The highest BCUT2D eigenvalue weighted by Crippen LogP contribution is 2.13. The zero-order valence-corrected chi connectivity index (χ0v) is 13.9. The van der Waals surface area contributed by atoms with Crippen molar-refractivity contribution in [2.24, 2.45) is 0 Å². The van der Waals surface area contributed by atoms with E-state index in [0.717, 1.165) is 6.42 Å². The van der Waals surface area contributed by atoms with E-state index in [1.165, 1.54) is 96.3 Å². The molecule has 0 bridgehead atoms. The maximum atomic E-state index is 6.59. The van der Waals surface area contributed by atoms with Crippen LogP contribution >= 0.6 is 0 Å². The minimum Gasteiger partial charge on any atom is -0.365 e. The molecule has 0 aromatic heterocycles. The Kier molecular flexibility index (Phi) is 18.9. The number of hydrogen-bond acceptors (Lipinski definition) is 1. The highest BCUT2D eigenvalue weighted by Gasteiger charge is 1.94. The lowest BCUT2D eigenvalue weighted by molar-refractivity contribution is 0.233. The number of unbranched alkanes of at least 4 members (excludes halogenated alkanes) is 15. The molecular formula is C19H37O. The van der Waals surface area contributed by atoms with Gasteiger partial charge in [-0.05, 0) is 6.42 Å². The van der Waals surface area contributed by atoms with Gasteiger partial charge in [0.2, 0.25) is 0 Å². The van der Waals surface area contributed by atoms with Crippen LogP contribution in [0.25, 0.3) is 0 Å². The third-order valence-electron chi connectivity index (χ3n) is 4.10. The van der Waals surface area contributed by atoms with Gasteiger partial charge in [0.1, 0.15) is 0 Å². The normalized spacial score (nSPS) is 11.1. The molecule has 0 amide bonds. The predicted octanol–water partition coefficient (Wildman–Crippen LogP) is 6.81. The van der Waals surface area contributed by atoms with Gasteiger partial charge in [0, 0.05) is 6.61 Å². The Morgan fingerprint density at radius 1 is 0.500 bits per heavy atom. The second-order valence-corrected chi connectivity index (χ2v) is 6.15. The summed E-state index contributed by atoms with van der Waals surface area (Å²) in [6.07, 6.45) is 22.2. The Bertz CT molecular complexity index is 138. The summed E-state index contributed by atoms with van der Waals surface area (Å²) in [5.41, 5.74) is 0. The molecule has 0 heterocycles. The Hall–Kier alpha value is -0.0400. The average molecular weight is 282 g/mol. The van der Waals surface area contributed by atoms with Gasteiger partial charge in [0.15, 0.2) is 7.11 Å². The molecule has 3 radical (unpaired) electrons. The molecule has 0 aliphatic heterocycles. The van der Waals surface area contributed by atoms with Gasteiger partial charge in [-0.1, -0.05) is 103 Å². The molecule has 0 rings (SSSR count). The summed E-state index contributed by atoms with van der Waals surface area (Å²) in [5, 5.41) is 0. The van der Waals surface area contributed by atoms with Crippen molar-refractivity contribution >= 4 is 0 Å². The highest BCUT2D eigenvalue weighted by atomic mass is 16.5. The largest absolute Gasteiger partial charge is 0.365 e. The van der Waals surface area contributed by atoms with Crippen LogP contribution in [0.5, 0.6) is 0 Å². The molecule has 0 fully saturated rings. The van der Waals surface area contributed by atoms with Crippen molar-refractivity contribution in [1.29, 1.82) is 0 Å². The van der Waals surface area contributed by atoms with Gasteiger partial charge in [-0.3, -0.25) is 0 Å². The number of ether oxygens (including phenoxy) is 1. The van der Waals surface area contributed by atoms with Crippen LogP contribution in [-0.2, 0) is 4.74 Å². The van der Waals surface area contributed by atoms with Gasteiger partial charge in [-0.2, -0.15) is 0 Å². The molecule has 0 aliphatic rings. The van der Waals surface area contributed by atoms with Gasteiger partial charge in [-0.15, -0.1) is 0 Å². The summed E-state index contributed by atoms with van der Waals surface area (Å²) in [6.45, 7) is 2.89. The number of rotatable bonds is 17. The molecule has 0 aromatic rings. The van der Waals surface area contributed by atoms with E-state index in [9.17, 15) is 0 Å². The van der Waals surface area contributed by atoms with E-state index in [-0.39, 0.29) is 0 Å². The van der Waals surface area contributed by atoms with E-state index in [4.69, 9.17) is 7.11 Å². The summed E-state index contributed by atoms with van der Waals surface area (Å²) in [4.78, 5) is 0. The van der Waals surface area contributed by atoms with E-state index in [1.807, 2.05) is 0 Å². The molecular weight excluding hydrogens is 244 g/mol. The van der Waals surface area contributed by atoms with E-state index in [0.29, 0.717) is 6.61 Å². The Morgan fingerprint density at radius 3 is 1.10 bits per heavy atom. The second-order valence-electron chi connectivity index (χ2n) is 6.15. The van der Waals surface area contributed by atoms with Gasteiger partial charge >= 0.3 is 0 Å². The van der Waals surface area contributed by atoms with E-state index in [1.54, 1.807) is 0 Å². The van der Waals surface area contributed by atoms with Crippen LogP contribution in [0.15, 0.2) is 0 Å². The summed E-state index contributed by atoms with van der Waals surface area (Å²) >= 11 is 0. The first kappa shape index (κ1) is 20.0. The molecule has 119 valence electrons. The van der Waals surface area contributed by atoms with Crippen LogP contribution in [-0.4, -0.2) is 6.61 Å². The van der Waals surface area contributed by atoms with E-state index < -0.39 is 0 Å². The average Bonchev–Trinajstić information content (AvgIpc) is 2.47. The molecule has 0 saturated heterocycles. The monoisotopic (exact) mass is 281 g/mol. The molecule has 0 atom stereocenters. The summed E-state index contributed by atoms with van der Waals surface area (Å²) < 4.78 is 4.31. The van der Waals surface area contributed by atoms with Crippen molar-refractivity contribution in [3.8, 4) is 0 Å². The van der Waals surface area contributed by atoms with Gasteiger partial charge in [-0.25, -0.2) is 0 Å². The van der Waals surface area contributed by atoms with Crippen molar-refractivity contribution in [3.05, 3.63) is 7.11 Å². The molecule has 1 heteroatoms. The lowest BCUT2D eigenvalue weighted by Gasteiger charge is -2.03. The molecule has 0 N–H and O–H groups in total. The van der Waals surface area contributed by atoms with Crippen LogP contribution in [0.1, 0.15) is 110 Å². The maximum absolute atomic E-state index is 6.59. The standard InChI is InChI=1S/C19H37O/c1-3-4-5-6-7-8-9-10-11-12-13-14-15-16-17-18-19-20-2/h3-19H2,1H3. The molecule has 20 heavy (non-hydrogen) atoms. The summed E-state index contributed by atoms with van der Waals surface area (Å²) in [7, 11) is 6.59. The predicted molar refractivity (Wildman–Crippen MR) is 88.7 cm³/mol. The van der Waals surface area contributed by atoms with Gasteiger partial charge in [0.25, 0.3) is 0 Å². The summed E-state index contributed by atoms with van der Waals surface area (Å²) in [5.74, 6) is 0. The topological polar surface area (TPSA) is 9.23 Å². The molecule has 0 saturated carbocycles. The van der Waals surface area contributed by atoms with Gasteiger partial charge in [0.05, 0.1) is 0 Å². The smallest absolute Gasteiger partial charge is 0.173 e. The first-order valence-electron chi connectivity index (χ1n) is 9.20. The lowest BCUT2D eigenvalue weighted by Crippen LogP contribution is -1.87. The Morgan fingerprint density at radius 2 is 0.800 bits per heavy atom. The number of hydrogen-bond donors (Lipinski definition) is 0. The molecule has 0 aromatic carbocycles. The minimum absolute atomic E-state index is 0.610. The van der Waals surface area contributed by atoms with Crippen LogP contribution < -0.4 is 0 Å². The van der Waals surface area contributed by atoms with Crippen LogP contribution in [0.4, 0.5) is 0 Å². The van der Waals surface area contributed by atoms with Crippen molar-refractivity contribution in [3.63, 3.8) is 0 Å². The fraction of sp³-hybridized carbons (Fsp3) is 0.947. The van der Waals surface area contributed by atoms with E-state index >= 15 is 0 Å². The highest BCUT2D eigenvalue weighted by molar-refractivity contribution is 4.49. The molecule has 0 unspecified atom stereocenters. The van der Waals surface area contributed by atoms with Crippen LogP contribution in [0.2, 0.25) is 0 Å². The Labute approximate surface area is 128 Å². The lowest BCUT2D eigenvalue weighted by atomic mass is 10.0.